The summed E-state index contributed by atoms with van der Waals surface area (Å²) in [7, 11) is 0. The number of ether oxygens (including phenoxy) is 1. The standard InChI is InChI=1S/C9H13F2NO2/c10-9(11)14-8-3-1-2-7(4-8)5-12-6-13/h7-9H,1-5H2. The summed E-state index contributed by atoms with van der Waals surface area (Å²) in [6.07, 6.45) is 4.10. The third-order valence-electron chi connectivity index (χ3n) is 2.44. The van der Waals surface area contributed by atoms with Crippen molar-refractivity contribution in [3.63, 3.8) is 0 Å². The molecule has 0 aromatic heterocycles. The fourth-order valence-corrected chi connectivity index (χ4v) is 1.84. The topological polar surface area (TPSA) is 38.7 Å². The molecule has 14 heavy (non-hydrogen) atoms. The first-order valence-electron chi connectivity index (χ1n) is 4.69. The van der Waals surface area contributed by atoms with E-state index in [1.165, 1.54) is 6.08 Å². The van der Waals surface area contributed by atoms with Crippen LogP contribution in [0.3, 0.4) is 0 Å². The summed E-state index contributed by atoms with van der Waals surface area (Å²) in [6.45, 7) is -2.32. The Morgan fingerprint density at radius 1 is 1.50 bits per heavy atom. The Morgan fingerprint density at radius 3 is 2.93 bits per heavy atom. The molecule has 0 bridgehead atoms. The van der Waals surface area contributed by atoms with E-state index in [4.69, 9.17) is 0 Å². The second-order valence-electron chi connectivity index (χ2n) is 3.48. The molecule has 0 radical (unpaired) electrons. The average molecular weight is 205 g/mol. The Hall–Kier alpha value is -0.800. The van der Waals surface area contributed by atoms with Crippen molar-refractivity contribution < 1.29 is 18.3 Å². The summed E-state index contributed by atoms with van der Waals surface area (Å²) < 4.78 is 28.2. The van der Waals surface area contributed by atoms with Crippen molar-refractivity contribution >= 4 is 6.08 Å². The van der Waals surface area contributed by atoms with Gasteiger partial charge < -0.3 is 4.74 Å². The molecule has 0 spiro atoms. The smallest absolute Gasteiger partial charge is 0.320 e. The summed E-state index contributed by atoms with van der Waals surface area (Å²) in [6, 6.07) is 0. The summed E-state index contributed by atoms with van der Waals surface area (Å²) in [4.78, 5) is 13.3. The second-order valence-corrected chi connectivity index (χ2v) is 3.48. The van der Waals surface area contributed by atoms with Crippen LogP contribution in [-0.2, 0) is 9.53 Å². The average Bonchev–Trinajstić information content (AvgIpc) is 2.14. The molecule has 0 aromatic carbocycles. The van der Waals surface area contributed by atoms with Crippen molar-refractivity contribution in [1.29, 1.82) is 0 Å². The monoisotopic (exact) mass is 205 g/mol. The molecule has 0 N–H and O–H groups in total. The molecule has 0 saturated heterocycles. The molecule has 1 aliphatic carbocycles. The zero-order valence-corrected chi connectivity index (χ0v) is 7.79. The van der Waals surface area contributed by atoms with Gasteiger partial charge in [-0.1, -0.05) is 6.42 Å². The van der Waals surface area contributed by atoms with Crippen molar-refractivity contribution in [1.82, 2.24) is 0 Å². The van der Waals surface area contributed by atoms with Crippen molar-refractivity contribution in [2.24, 2.45) is 10.9 Å². The quantitative estimate of drug-likeness (QED) is 0.521. The number of alkyl halides is 2. The lowest BCUT2D eigenvalue weighted by Gasteiger charge is -2.27. The summed E-state index contributed by atoms with van der Waals surface area (Å²) in [5.74, 6) is 0.189. The molecule has 5 heteroatoms. The first-order valence-corrected chi connectivity index (χ1v) is 4.69. The molecule has 2 unspecified atom stereocenters. The molecule has 80 valence electrons. The van der Waals surface area contributed by atoms with Crippen LogP contribution in [0.1, 0.15) is 25.7 Å². The lowest BCUT2D eigenvalue weighted by molar-refractivity contribution is -0.172. The van der Waals surface area contributed by atoms with Crippen molar-refractivity contribution in [3.05, 3.63) is 0 Å². The van der Waals surface area contributed by atoms with E-state index in [9.17, 15) is 13.6 Å². The van der Waals surface area contributed by atoms with Crippen LogP contribution in [0.25, 0.3) is 0 Å². The van der Waals surface area contributed by atoms with Crippen LogP contribution in [-0.4, -0.2) is 25.3 Å². The third-order valence-corrected chi connectivity index (χ3v) is 2.44. The van der Waals surface area contributed by atoms with Gasteiger partial charge in [0.1, 0.15) is 0 Å². The molecule has 0 aliphatic heterocycles. The van der Waals surface area contributed by atoms with Crippen molar-refractivity contribution in [2.45, 2.75) is 38.4 Å². The van der Waals surface area contributed by atoms with E-state index < -0.39 is 6.61 Å². The van der Waals surface area contributed by atoms with Crippen LogP contribution in [0.15, 0.2) is 4.99 Å². The maximum Gasteiger partial charge on any atom is 0.345 e. The first kappa shape index (κ1) is 11.3. The van der Waals surface area contributed by atoms with Crippen LogP contribution >= 0.6 is 0 Å². The zero-order valence-electron chi connectivity index (χ0n) is 7.79. The molecule has 2 atom stereocenters. The molecule has 1 aliphatic rings. The van der Waals surface area contributed by atoms with Gasteiger partial charge in [0.15, 0.2) is 0 Å². The van der Waals surface area contributed by atoms with Crippen LogP contribution in [0, 0.1) is 5.92 Å². The van der Waals surface area contributed by atoms with Gasteiger partial charge in [-0.3, -0.25) is 0 Å². The van der Waals surface area contributed by atoms with Gasteiger partial charge in [-0.25, -0.2) is 9.79 Å². The zero-order chi connectivity index (χ0) is 10.4. The Morgan fingerprint density at radius 2 is 2.29 bits per heavy atom. The normalized spacial score (nSPS) is 27.4. The lowest BCUT2D eigenvalue weighted by atomic mass is 9.87. The number of aliphatic imine (C=N–C) groups is 1. The highest BCUT2D eigenvalue weighted by Crippen LogP contribution is 2.27. The maximum absolute atomic E-state index is 11.9. The minimum Gasteiger partial charge on any atom is -0.320 e. The Balaban J connectivity index is 2.31. The molecule has 0 heterocycles. The van der Waals surface area contributed by atoms with E-state index in [2.05, 4.69) is 9.73 Å². The van der Waals surface area contributed by atoms with Crippen LogP contribution in [0.2, 0.25) is 0 Å². The molecule has 1 rings (SSSR count). The fraction of sp³-hybridized carbons (Fsp3) is 0.889. The number of hydrogen-bond acceptors (Lipinski definition) is 3. The molecule has 0 amide bonds. The van der Waals surface area contributed by atoms with Crippen LogP contribution in [0.4, 0.5) is 8.78 Å². The van der Waals surface area contributed by atoms with Crippen molar-refractivity contribution in [3.8, 4) is 0 Å². The first-order chi connectivity index (χ1) is 6.72. The highest BCUT2D eigenvalue weighted by atomic mass is 19.3. The Kier molecular flexibility index (Phi) is 4.70. The predicted molar refractivity (Wildman–Crippen MR) is 45.8 cm³/mol. The minimum atomic E-state index is -2.70. The number of nitrogens with zero attached hydrogens (tertiary/aromatic N) is 1. The van der Waals surface area contributed by atoms with Gasteiger partial charge >= 0.3 is 6.61 Å². The summed E-state index contributed by atoms with van der Waals surface area (Å²) >= 11 is 0. The van der Waals surface area contributed by atoms with Gasteiger partial charge in [0, 0.05) is 0 Å². The highest BCUT2D eigenvalue weighted by Gasteiger charge is 2.24. The third kappa shape index (κ3) is 3.94. The van der Waals surface area contributed by atoms with E-state index in [-0.39, 0.29) is 12.0 Å². The van der Waals surface area contributed by atoms with Gasteiger partial charge in [0.05, 0.1) is 12.6 Å². The largest absolute Gasteiger partial charge is 0.345 e. The van der Waals surface area contributed by atoms with Crippen LogP contribution < -0.4 is 0 Å². The van der Waals surface area contributed by atoms with Gasteiger partial charge in [-0.2, -0.15) is 8.78 Å². The van der Waals surface area contributed by atoms with E-state index >= 15 is 0 Å². The SMILES string of the molecule is O=C=NCC1CCCC(OC(F)F)C1. The van der Waals surface area contributed by atoms with E-state index in [0.29, 0.717) is 19.4 Å². The summed E-state index contributed by atoms with van der Waals surface area (Å²) in [5.41, 5.74) is 0. The molecule has 1 fully saturated rings. The maximum atomic E-state index is 11.9. The Labute approximate surface area is 81.2 Å². The van der Waals surface area contributed by atoms with E-state index in [1.807, 2.05) is 0 Å². The predicted octanol–water partition coefficient (Wildman–Crippen LogP) is 2.12. The minimum absolute atomic E-state index is 0.189. The number of hydrogen-bond donors (Lipinski definition) is 0. The molecule has 3 nitrogen and oxygen atoms in total. The number of rotatable bonds is 4. The number of carbonyl (C=O) groups excluding carboxylic acids is 1. The second kappa shape index (κ2) is 5.83. The van der Waals surface area contributed by atoms with Crippen LogP contribution in [0.5, 0.6) is 0 Å². The van der Waals surface area contributed by atoms with Gasteiger partial charge in [-0.15, -0.1) is 0 Å². The number of isocyanates is 1. The van der Waals surface area contributed by atoms with Gasteiger partial charge in [0.25, 0.3) is 0 Å². The lowest BCUT2D eigenvalue weighted by Crippen LogP contribution is -2.26. The Bertz CT molecular complexity index is 217. The molecule has 0 aromatic rings. The van der Waals surface area contributed by atoms with Crippen molar-refractivity contribution in [2.75, 3.05) is 6.54 Å². The number of halogens is 2. The van der Waals surface area contributed by atoms with E-state index in [0.717, 1.165) is 12.8 Å². The van der Waals surface area contributed by atoms with Gasteiger partial charge in [0.2, 0.25) is 6.08 Å². The fourth-order valence-electron chi connectivity index (χ4n) is 1.84. The molecular formula is C9H13F2NO2. The van der Waals surface area contributed by atoms with E-state index in [1.54, 1.807) is 0 Å². The molecule has 1 saturated carbocycles. The molecular weight excluding hydrogens is 192 g/mol. The summed E-state index contributed by atoms with van der Waals surface area (Å²) in [5, 5.41) is 0. The van der Waals surface area contributed by atoms with Gasteiger partial charge in [-0.05, 0) is 25.2 Å². The highest BCUT2D eigenvalue weighted by molar-refractivity contribution is 5.32.